The molecule has 0 amide bonds. The van der Waals surface area contributed by atoms with Gasteiger partial charge in [0.25, 0.3) is 0 Å². The molecule has 3 nitrogen and oxygen atoms in total. The second-order valence-corrected chi connectivity index (χ2v) is 6.50. The van der Waals surface area contributed by atoms with Crippen LogP contribution in [0.1, 0.15) is 65.1 Å². The molecule has 0 aromatic carbocycles. The number of rotatable bonds is 7. The van der Waals surface area contributed by atoms with Crippen molar-refractivity contribution in [1.29, 1.82) is 0 Å². The van der Waals surface area contributed by atoms with Gasteiger partial charge in [0.15, 0.2) is 0 Å². The lowest BCUT2D eigenvalue weighted by atomic mass is 10.0. The first-order valence-electron chi connectivity index (χ1n) is 8.63. The largest absolute Gasteiger partial charge is 0.367 e. The zero-order valence-corrected chi connectivity index (χ0v) is 14.1. The van der Waals surface area contributed by atoms with Crippen LogP contribution in [-0.4, -0.2) is 24.1 Å². The Balaban J connectivity index is 2.07. The Morgan fingerprint density at radius 2 is 2.14 bits per heavy atom. The molecule has 0 radical (unpaired) electrons. The van der Waals surface area contributed by atoms with Crippen molar-refractivity contribution in [2.75, 3.05) is 18.0 Å². The zero-order chi connectivity index (χ0) is 15.2. The lowest BCUT2D eigenvalue weighted by Gasteiger charge is -2.29. The van der Waals surface area contributed by atoms with Crippen LogP contribution in [0.4, 0.5) is 5.69 Å². The minimum Gasteiger partial charge on any atom is -0.367 e. The van der Waals surface area contributed by atoms with Gasteiger partial charge in [0.2, 0.25) is 0 Å². The van der Waals surface area contributed by atoms with E-state index in [1.807, 2.05) is 0 Å². The molecule has 1 saturated heterocycles. The van der Waals surface area contributed by atoms with Crippen LogP contribution in [0.5, 0.6) is 0 Å². The fraction of sp³-hybridized carbons (Fsp3) is 0.722. The summed E-state index contributed by atoms with van der Waals surface area (Å²) in [7, 11) is 0. The van der Waals surface area contributed by atoms with Crippen LogP contribution in [0.15, 0.2) is 18.3 Å². The van der Waals surface area contributed by atoms with E-state index in [-0.39, 0.29) is 0 Å². The summed E-state index contributed by atoms with van der Waals surface area (Å²) in [5.41, 5.74) is 2.47. The number of hydrogen-bond donors (Lipinski definition) is 1. The van der Waals surface area contributed by atoms with Gasteiger partial charge in [-0.2, -0.15) is 0 Å². The molecule has 2 rings (SSSR count). The van der Waals surface area contributed by atoms with Gasteiger partial charge in [-0.3, -0.25) is 4.98 Å². The lowest BCUT2D eigenvalue weighted by molar-refractivity contribution is 0.490. The number of nitrogens with one attached hydrogen (secondary N) is 1. The average Bonchev–Trinajstić information content (AvgIpc) is 2.98. The van der Waals surface area contributed by atoms with Crippen LogP contribution < -0.4 is 10.2 Å². The predicted molar refractivity (Wildman–Crippen MR) is 90.8 cm³/mol. The molecule has 1 fully saturated rings. The molecule has 0 spiro atoms. The van der Waals surface area contributed by atoms with Gasteiger partial charge in [0.1, 0.15) is 0 Å². The second-order valence-electron chi connectivity index (χ2n) is 6.50. The fourth-order valence-corrected chi connectivity index (χ4v) is 3.36. The van der Waals surface area contributed by atoms with Crippen LogP contribution in [0.3, 0.4) is 0 Å². The maximum atomic E-state index is 4.74. The molecule has 1 aromatic heterocycles. The summed E-state index contributed by atoms with van der Waals surface area (Å²) >= 11 is 0. The Morgan fingerprint density at radius 3 is 2.71 bits per heavy atom. The van der Waals surface area contributed by atoms with Crippen molar-refractivity contribution in [3.8, 4) is 0 Å². The lowest BCUT2D eigenvalue weighted by Crippen LogP contribution is -2.33. The van der Waals surface area contributed by atoms with Crippen molar-refractivity contribution < 1.29 is 0 Å². The standard InChI is InChI=1S/C18H31N3/c1-5-11-19-16(6-2)17-10-9-15(13-20-17)21-12-7-8-18(21)14(3)4/h9-10,13-14,16,18-19H,5-8,11-12H2,1-4H3. The quantitative estimate of drug-likeness (QED) is 0.817. The maximum Gasteiger partial charge on any atom is 0.0574 e. The monoisotopic (exact) mass is 289 g/mol. The molecule has 0 bridgehead atoms. The molecule has 21 heavy (non-hydrogen) atoms. The Morgan fingerprint density at radius 1 is 1.33 bits per heavy atom. The van der Waals surface area contributed by atoms with Crippen LogP contribution in [0.2, 0.25) is 0 Å². The molecule has 0 aliphatic carbocycles. The average molecular weight is 289 g/mol. The number of pyridine rings is 1. The van der Waals surface area contributed by atoms with Gasteiger partial charge in [0.05, 0.1) is 17.6 Å². The third-order valence-electron chi connectivity index (χ3n) is 4.58. The van der Waals surface area contributed by atoms with Gasteiger partial charge in [-0.05, 0) is 50.3 Å². The highest BCUT2D eigenvalue weighted by atomic mass is 15.2. The number of nitrogens with zero attached hydrogens (tertiary/aromatic N) is 2. The van der Waals surface area contributed by atoms with Crippen molar-refractivity contribution >= 4 is 5.69 Å². The molecule has 1 aliphatic heterocycles. The van der Waals surface area contributed by atoms with E-state index in [1.165, 1.54) is 37.2 Å². The summed E-state index contributed by atoms with van der Waals surface area (Å²) in [6.45, 7) is 11.3. The van der Waals surface area contributed by atoms with E-state index in [2.05, 4.69) is 56.2 Å². The van der Waals surface area contributed by atoms with Crippen molar-refractivity contribution in [3.05, 3.63) is 24.0 Å². The number of aromatic nitrogens is 1. The Hall–Kier alpha value is -1.09. The molecule has 2 heterocycles. The highest BCUT2D eigenvalue weighted by Gasteiger charge is 2.27. The molecular weight excluding hydrogens is 258 g/mol. The molecular formula is C18H31N3. The van der Waals surface area contributed by atoms with E-state index in [9.17, 15) is 0 Å². The van der Waals surface area contributed by atoms with Crippen molar-refractivity contribution in [3.63, 3.8) is 0 Å². The smallest absolute Gasteiger partial charge is 0.0574 e. The molecule has 1 N–H and O–H groups in total. The Labute approximate surface area is 130 Å². The van der Waals surface area contributed by atoms with Crippen LogP contribution in [0.25, 0.3) is 0 Å². The van der Waals surface area contributed by atoms with Crippen molar-refractivity contribution in [2.45, 2.75) is 65.5 Å². The minimum atomic E-state index is 0.387. The van der Waals surface area contributed by atoms with Crippen LogP contribution in [0, 0.1) is 5.92 Å². The number of anilines is 1. The predicted octanol–water partition coefficient (Wildman–Crippen LogP) is 4.16. The third-order valence-corrected chi connectivity index (χ3v) is 4.58. The van der Waals surface area contributed by atoms with E-state index in [0.717, 1.165) is 13.0 Å². The third kappa shape index (κ3) is 3.97. The molecule has 1 aromatic rings. The fourth-order valence-electron chi connectivity index (χ4n) is 3.36. The molecule has 2 atom stereocenters. The van der Waals surface area contributed by atoms with E-state index in [1.54, 1.807) is 0 Å². The van der Waals surface area contributed by atoms with Crippen LogP contribution >= 0.6 is 0 Å². The maximum absolute atomic E-state index is 4.74. The highest BCUT2D eigenvalue weighted by Crippen LogP contribution is 2.29. The second kappa shape index (κ2) is 7.79. The molecule has 1 aliphatic rings. The van der Waals surface area contributed by atoms with Crippen LogP contribution in [-0.2, 0) is 0 Å². The molecule has 0 saturated carbocycles. The van der Waals surface area contributed by atoms with E-state index < -0.39 is 0 Å². The minimum absolute atomic E-state index is 0.387. The van der Waals surface area contributed by atoms with E-state index >= 15 is 0 Å². The normalized spacial score (nSPS) is 20.2. The van der Waals surface area contributed by atoms with Crippen molar-refractivity contribution in [2.24, 2.45) is 5.92 Å². The summed E-state index contributed by atoms with van der Waals surface area (Å²) in [6, 6.07) is 5.54. The van der Waals surface area contributed by atoms with Gasteiger partial charge >= 0.3 is 0 Å². The van der Waals surface area contributed by atoms with Gasteiger partial charge in [-0.1, -0.05) is 27.7 Å². The number of hydrogen-bond acceptors (Lipinski definition) is 3. The van der Waals surface area contributed by atoms with E-state index in [0.29, 0.717) is 18.0 Å². The van der Waals surface area contributed by atoms with E-state index in [4.69, 9.17) is 4.98 Å². The summed E-state index contributed by atoms with van der Waals surface area (Å²) in [6.07, 6.45) is 6.95. The topological polar surface area (TPSA) is 28.2 Å². The molecule has 118 valence electrons. The first-order chi connectivity index (χ1) is 10.2. The summed E-state index contributed by atoms with van der Waals surface area (Å²) in [4.78, 5) is 7.28. The first-order valence-corrected chi connectivity index (χ1v) is 8.63. The Bertz CT molecular complexity index is 413. The summed E-state index contributed by atoms with van der Waals surface area (Å²) in [5.74, 6) is 0.710. The van der Waals surface area contributed by atoms with Crippen molar-refractivity contribution in [1.82, 2.24) is 10.3 Å². The van der Waals surface area contributed by atoms with Gasteiger partial charge < -0.3 is 10.2 Å². The summed E-state index contributed by atoms with van der Waals surface area (Å²) in [5, 5.41) is 3.58. The molecule has 3 heteroatoms. The van der Waals surface area contributed by atoms with Gasteiger partial charge in [-0.25, -0.2) is 0 Å². The molecule has 2 unspecified atom stereocenters. The zero-order valence-electron chi connectivity index (χ0n) is 14.1. The van der Waals surface area contributed by atoms with Gasteiger partial charge in [-0.15, -0.1) is 0 Å². The highest BCUT2D eigenvalue weighted by molar-refractivity contribution is 5.47. The SMILES string of the molecule is CCCNC(CC)c1ccc(N2CCCC2C(C)C)cn1. The summed E-state index contributed by atoms with van der Waals surface area (Å²) < 4.78 is 0. The van der Waals surface area contributed by atoms with Gasteiger partial charge in [0, 0.05) is 18.6 Å². The Kier molecular flexibility index (Phi) is 6.04. The first kappa shape index (κ1) is 16.3.